The van der Waals surface area contributed by atoms with E-state index in [4.69, 9.17) is 9.84 Å². The van der Waals surface area contributed by atoms with Crippen LogP contribution < -0.4 is 0 Å². The van der Waals surface area contributed by atoms with Crippen molar-refractivity contribution in [3.63, 3.8) is 0 Å². The Balaban J connectivity index is 2.08. The summed E-state index contributed by atoms with van der Waals surface area (Å²) in [6.45, 7) is 5.15. The summed E-state index contributed by atoms with van der Waals surface area (Å²) in [6, 6.07) is 0. The molecular weight excluding hydrogens is 208 g/mol. The number of aliphatic carboxylic acids is 1. The summed E-state index contributed by atoms with van der Waals surface area (Å²) in [4.78, 5) is 22.5. The number of carboxylic acids is 1. The van der Waals surface area contributed by atoms with Crippen molar-refractivity contribution in [1.29, 1.82) is 0 Å². The van der Waals surface area contributed by atoms with Crippen molar-refractivity contribution >= 4 is 11.9 Å². The Labute approximate surface area is 94.3 Å². The summed E-state index contributed by atoms with van der Waals surface area (Å²) in [5, 5.41) is 9.04. The third-order valence-corrected chi connectivity index (χ3v) is 3.74. The molecule has 0 aromatic heterocycles. The normalized spacial score (nSPS) is 36.1. The molecule has 2 aliphatic rings. The maximum Gasteiger partial charge on any atom is 0.333 e. The van der Waals surface area contributed by atoms with Crippen molar-refractivity contribution in [3.8, 4) is 0 Å². The fraction of sp³-hybridized carbons (Fsp3) is 0.667. The Kier molecular flexibility index (Phi) is 2.52. The topological polar surface area (TPSA) is 63.6 Å². The summed E-state index contributed by atoms with van der Waals surface area (Å²) in [5.41, 5.74) is -0.152. The Morgan fingerprint density at radius 2 is 2.12 bits per heavy atom. The van der Waals surface area contributed by atoms with Crippen molar-refractivity contribution in [2.45, 2.75) is 38.2 Å². The van der Waals surface area contributed by atoms with Crippen LogP contribution in [-0.4, -0.2) is 22.6 Å². The van der Waals surface area contributed by atoms with E-state index in [0.717, 1.165) is 12.8 Å². The lowest BCUT2D eigenvalue weighted by Gasteiger charge is -2.28. The average molecular weight is 224 g/mol. The molecule has 0 aliphatic heterocycles. The molecule has 4 nitrogen and oxygen atoms in total. The smallest absolute Gasteiger partial charge is 0.333 e. The van der Waals surface area contributed by atoms with E-state index in [1.54, 1.807) is 6.92 Å². The van der Waals surface area contributed by atoms with Crippen LogP contribution in [0.15, 0.2) is 12.2 Å². The van der Waals surface area contributed by atoms with Crippen LogP contribution in [0.4, 0.5) is 0 Å². The number of hydrogen-bond acceptors (Lipinski definition) is 3. The maximum atomic E-state index is 11.5. The quantitative estimate of drug-likeness (QED) is 0.586. The lowest BCUT2D eigenvalue weighted by Crippen LogP contribution is -2.33. The van der Waals surface area contributed by atoms with E-state index in [0.29, 0.717) is 18.4 Å². The molecule has 0 radical (unpaired) electrons. The minimum atomic E-state index is -0.766. The highest BCUT2D eigenvalue weighted by molar-refractivity contribution is 5.87. The molecule has 0 amide bonds. The average Bonchev–Trinajstić information content (AvgIpc) is 2.74. The zero-order valence-electron chi connectivity index (χ0n) is 9.36. The highest BCUT2D eigenvalue weighted by atomic mass is 16.6. The second-order valence-electron chi connectivity index (χ2n) is 5.00. The van der Waals surface area contributed by atoms with Gasteiger partial charge in [0.05, 0.1) is 5.92 Å². The number of carbonyl (C=O) groups excluding carboxylic acids is 1. The van der Waals surface area contributed by atoms with Crippen molar-refractivity contribution in [2.24, 2.45) is 11.8 Å². The minimum Gasteiger partial charge on any atom is -0.481 e. The molecule has 3 atom stereocenters. The van der Waals surface area contributed by atoms with E-state index in [1.165, 1.54) is 0 Å². The van der Waals surface area contributed by atoms with Gasteiger partial charge < -0.3 is 9.84 Å². The zero-order chi connectivity index (χ0) is 11.9. The highest BCUT2D eigenvalue weighted by Gasteiger charge is 2.55. The Hall–Kier alpha value is -1.32. The predicted octanol–water partition coefficient (Wildman–Crippen LogP) is 1.75. The summed E-state index contributed by atoms with van der Waals surface area (Å²) in [7, 11) is 0. The molecule has 16 heavy (non-hydrogen) atoms. The van der Waals surface area contributed by atoms with Crippen LogP contribution in [0, 0.1) is 11.8 Å². The van der Waals surface area contributed by atoms with Gasteiger partial charge in [-0.2, -0.15) is 0 Å². The number of fused-ring (bicyclic) bond motifs is 2. The fourth-order valence-electron chi connectivity index (χ4n) is 2.93. The molecule has 3 unspecified atom stereocenters. The third-order valence-electron chi connectivity index (χ3n) is 3.74. The molecule has 0 heterocycles. The van der Waals surface area contributed by atoms with Gasteiger partial charge >= 0.3 is 11.9 Å². The van der Waals surface area contributed by atoms with Crippen LogP contribution in [0.2, 0.25) is 0 Å². The molecule has 0 aromatic rings. The number of ether oxygens (including phenoxy) is 1. The van der Waals surface area contributed by atoms with Crippen LogP contribution in [-0.2, 0) is 14.3 Å². The van der Waals surface area contributed by atoms with E-state index < -0.39 is 17.5 Å². The second kappa shape index (κ2) is 3.61. The Bertz CT molecular complexity index is 360. The van der Waals surface area contributed by atoms with E-state index in [1.807, 2.05) is 0 Å². The zero-order valence-corrected chi connectivity index (χ0v) is 9.36. The van der Waals surface area contributed by atoms with Gasteiger partial charge in [0, 0.05) is 12.0 Å². The lowest BCUT2D eigenvalue weighted by atomic mass is 9.87. The first-order chi connectivity index (χ1) is 7.43. The minimum absolute atomic E-state index is 0.176. The first-order valence-corrected chi connectivity index (χ1v) is 5.55. The monoisotopic (exact) mass is 224 g/mol. The molecule has 0 aromatic carbocycles. The Morgan fingerprint density at radius 3 is 2.62 bits per heavy atom. The summed E-state index contributed by atoms with van der Waals surface area (Å²) >= 11 is 0. The van der Waals surface area contributed by atoms with E-state index in [-0.39, 0.29) is 11.8 Å². The van der Waals surface area contributed by atoms with Crippen molar-refractivity contribution in [3.05, 3.63) is 12.2 Å². The molecule has 2 fully saturated rings. The van der Waals surface area contributed by atoms with Crippen molar-refractivity contribution in [1.82, 2.24) is 0 Å². The SMILES string of the molecule is C=C(C)C(=O)OC12CCC(C1)C(C(=O)O)C2. The van der Waals surface area contributed by atoms with Gasteiger partial charge in [-0.3, -0.25) is 4.79 Å². The molecule has 2 rings (SSSR count). The van der Waals surface area contributed by atoms with E-state index in [9.17, 15) is 9.59 Å². The third kappa shape index (κ3) is 1.72. The van der Waals surface area contributed by atoms with Crippen LogP contribution in [0.3, 0.4) is 0 Å². The molecule has 2 aliphatic carbocycles. The van der Waals surface area contributed by atoms with Crippen molar-refractivity contribution < 1.29 is 19.4 Å². The van der Waals surface area contributed by atoms with Crippen LogP contribution in [0.1, 0.15) is 32.6 Å². The molecule has 88 valence electrons. The Morgan fingerprint density at radius 1 is 1.44 bits per heavy atom. The second-order valence-corrected chi connectivity index (χ2v) is 5.00. The van der Waals surface area contributed by atoms with E-state index in [2.05, 4.69) is 6.58 Å². The van der Waals surface area contributed by atoms with Gasteiger partial charge in [-0.05, 0) is 32.1 Å². The summed E-state index contributed by atoms with van der Waals surface area (Å²) < 4.78 is 5.43. The fourth-order valence-corrected chi connectivity index (χ4v) is 2.93. The van der Waals surface area contributed by atoms with Gasteiger partial charge in [-0.25, -0.2) is 4.79 Å². The van der Waals surface area contributed by atoms with Gasteiger partial charge in [0.25, 0.3) is 0 Å². The summed E-state index contributed by atoms with van der Waals surface area (Å²) in [5.74, 6) is -1.33. The number of carbonyl (C=O) groups is 2. The van der Waals surface area contributed by atoms with Crippen LogP contribution in [0.5, 0.6) is 0 Å². The highest BCUT2D eigenvalue weighted by Crippen LogP contribution is 2.53. The van der Waals surface area contributed by atoms with Gasteiger partial charge in [0.2, 0.25) is 0 Å². The maximum absolute atomic E-state index is 11.5. The molecule has 0 spiro atoms. The number of hydrogen-bond donors (Lipinski definition) is 1. The predicted molar refractivity (Wildman–Crippen MR) is 56.7 cm³/mol. The first kappa shape index (κ1) is 11.2. The van der Waals surface area contributed by atoms with Gasteiger partial charge in [0.15, 0.2) is 0 Å². The molecule has 0 saturated heterocycles. The van der Waals surface area contributed by atoms with Crippen molar-refractivity contribution in [2.75, 3.05) is 0 Å². The molecule has 1 N–H and O–H groups in total. The van der Waals surface area contributed by atoms with Gasteiger partial charge in [-0.1, -0.05) is 6.58 Å². The number of carboxylic acid groups (broad SMARTS) is 1. The molecular formula is C12H16O4. The van der Waals surface area contributed by atoms with Gasteiger partial charge in [-0.15, -0.1) is 0 Å². The standard InChI is InChI=1S/C12H16O4/c1-7(2)11(15)16-12-4-3-8(5-12)9(6-12)10(13)14/h8-9H,1,3-6H2,2H3,(H,13,14). The number of esters is 1. The van der Waals surface area contributed by atoms with Crippen LogP contribution >= 0.6 is 0 Å². The number of rotatable bonds is 3. The summed E-state index contributed by atoms with van der Waals surface area (Å²) in [6.07, 6.45) is 2.80. The molecule has 2 bridgehead atoms. The van der Waals surface area contributed by atoms with Gasteiger partial charge in [0.1, 0.15) is 5.60 Å². The lowest BCUT2D eigenvalue weighted by molar-refractivity contribution is -0.157. The molecule has 2 saturated carbocycles. The largest absolute Gasteiger partial charge is 0.481 e. The van der Waals surface area contributed by atoms with Crippen LogP contribution in [0.25, 0.3) is 0 Å². The van der Waals surface area contributed by atoms with E-state index >= 15 is 0 Å². The molecule has 4 heteroatoms. The first-order valence-electron chi connectivity index (χ1n) is 5.55.